The first-order valence-electron chi connectivity index (χ1n) is 14.2. The molecule has 0 spiro atoms. The number of carbonyl (C=O) groups excluding carboxylic acids is 3. The SMILES string of the molecule is COCC1CCCN1C(=O)/C(C)=C/[C@H](C(C)C)N(C)C(=O)C(NC(=O)[C@H]1CCCCN1C(C)C)C(C)C. The van der Waals surface area contributed by atoms with Gasteiger partial charge in [-0.15, -0.1) is 0 Å². The number of nitrogens with zero attached hydrogens (tertiary/aromatic N) is 3. The summed E-state index contributed by atoms with van der Waals surface area (Å²) in [5, 5.41) is 3.10. The molecule has 8 heteroatoms. The largest absolute Gasteiger partial charge is 0.383 e. The summed E-state index contributed by atoms with van der Waals surface area (Å²) in [6.07, 6.45) is 6.79. The molecule has 0 saturated carbocycles. The Hall–Kier alpha value is -1.93. The van der Waals surface area contributed by atoms with Gasteiger partial charge in [-0.05, 0) is 64.8 Å². The van der Waals surface area contributed by atoms with Crippen LogP contribution >= 0.6 is 0 Å². The first kappa shape index (κ1) is 31.3. The van der Waals surface area contributed by atoms with E-state index in [1.54, 1.807) is 19.1 Å². The molecule has 8 nitrogen and oxygen atoms in total. The predicted molar refractivity (Wildman–Crippen MR) is 148 cm³/mol. The average Bonchev–Trinajstić information content (AvgIpc) is 3.32. The lowest BCUT2D eigenvalue weighted by atomic mass is 9.95. The topological polar surface area (TPSA) is 82.2 Å². The van der Waals surface area contributed by atoms with E-state index in [4.69, 9.17) is 4.74 Å². The van der Waals surface area contributed by atoms with Gasteiger partial charge in [0, 0.05) is 32.3 Å². The van der Waals surface area contributed by atoms with E-state index < -0.39 is 6.04 Å². The molecule has 2 fully saturated rings. The monoisotopic (exact) mass is 520 g/mol. The maximum atomic E-state index is 13.8. The van der Waals surface area contributed by atoms with Gasteiger partial charge in [0.1, 0.15) is 6.04 Å². The fraction of sp³-hybridized carbons (Fsp3) is 0.828. The molecule has 0 bridgehead atoms. The highest BCUT2D eigenvalue weighted by atomic mass is 16.5. The Morgan fingerprint density at radius 1 is 1.00 bits per heavy atom. The molecular weight excluding hydrogens is 468 g/mol. The van der Waals surface area contributed by atoms with Crippen LogP contribution in [0, 0.1) is 11.8 Å². The molecule has 0 aliphatic carbocycles. The molecule has 2 heterocycles. The van der Waals surface area contributed by atoms with Crippen LogP contribution in [0.4, 0.5) is 0 Å². The number of nitrogens with one attached hydrogen (secondary N) is 1. The Kier molecular flexibility index (Phi) is 12.1. The van der Waals surface area contributed by atoms with Gasteiger partial charge in [0.05, 0.1) is 24.7 Å². The summed E-state index contributed by atoms with van der Waals surface area (Å²) in [6, 6.07) is -0.705. The minimum Gasteiger partial charge on any atom is -0.383 e. The summed E-state index contributed by atoms with van der Waals surface area (Å²) in [5.74, 6) is -0.137. The number of methoxy groups -OCH3 is 1. The van der Waals surface area contributed by atoms with Crippen molar-refractivity contribution in [2.24, 2.45) is 11.8 Å². The Labute approximate surface area is 225 Å². The Bertz CT molecular complexity index is 810. The molecule has 3 amide bonds. The van der Waals surface area contributed by atoms with Gasteiger partial charge < -0.3 is 19.9 Å². The normalized spacial score (nSPS) is 23.0. The quantitative estimate of drug-likeness (QED) is 0.422. The molecule has 2 unspecified atom stereocenters. The van der Waals surface area contributed by atoms with Gasteiger partial charge in [-0.2, -0.15) is 0 Å². The van der Waals surface area contributed by atoms with Gasteiger partial charge in [0.2, 0.25) is 17.7 Å². The average molecular weight is 521 g/mol. The number of ether oxygens (including phenoxy) is 1. The molecule has 37 heavy (non-hydrogen) atoms. The van der Waals surface area contributed by atoms with E-state index in [-0.39, 0.29) is 53.7 Å². The van der Waals surface area contributed by atoms with Crippen molar-refractivity contribution in [1.29, 1.82) is 0 Å². The van der Waals surface area contributed by atoms with Gasteiger partial charge in [-0.25, -0.2) is 0 Å². The number of likely N-dealkylation sites (tertiary alicyclic amines) is 2. The number of rotatable bonds is 11. The standard InChI is InChI=1S/C29H52N4O4/c1-19(2)25(17-22(7)28(35)33-16-12-13-23(33)18-37-9)31(8)29(36)26(20(3)4)30-27(34)24-14-10-11-15-32(24)21(5)6/h17,19-21,23-26H,10-16,18H2,1-9H3,(H,30,34)/b22-17+/t23?,24-,25-,26?/m1/s1. The second-order valence-electron chi connectivity index (χ2n) is 11.9. The highest BCUT2D eigenvalue weighted by Crippen LogP contribution is 2.23. The summed E-state index contributed by atoms with van der Waals surface area (Å²) >= 11 is 0. The van der Waals surface area contributed by atoms with E-state index in [2.05, 4.69) is 37.9 Å². The minimum absolute atomic E-state index is 0.00540. The molecule has 2 aliphatic heterocycles. The number of hydrogen-bond donors (Lipinski definition) is 1. The van der Waals surface area contributed by atoms with Crippen LogP contribution in [0.5, 0.6) is 0 Å². The summed E-state index contributed by atoms with van der Waals surface area (Å²) in [4.78, 5) is 46.2. The van der Waals surface area contributed by atoms with Crippen LogP contribution in [0.15, 0.2) is 11.6 Å². The summed E-state index contributed by atoms with van der Waals surface area (Å²) in [7, 11) is 3.45. The fourth-order valence-corrected chi connectivity index (χ4v) is 5.76. The van der Waals surface area contributed by atoms with Gasteiger partial charge in [-0.1, -0.05) is 40.2 Å². The smallest absolute Gasteiger partial charge is 0.249 e. The van der Waals surface area contributed by atoms with Crippen molar-refractivity contribution in [2.75, 3.05) is 33.9 Å². The van der Waals surface area contributed by atoms with Gasteiger partial charge in [0.15, 0.2) is 0 Å². The Balaban J connectivity index is 2.19. The van der Waals surface area contributed by atoms with Crippen LogP contribution in [-0.2, 0) is 19.1 Å². The van der Waals surface area contributed by atoms with Crippen molar-refractivity contribution < 1.29 is 19.1 Å². The second-order valence-corrected chi connectivity index (χ2v) is 11.9. The van der Waals surface area contributed by atoms with Crippen LogP contribution in [0.3, 0.4) is 0 Å². The van der Waals surface area contributed by atoms with Crippen molar-refractivity contribution in [3.63, 3.8) is 0 Å². The number of piperidine rings is 1. The van der Waals surface area contributed by atoms with Crippen LogP contribution in [0.1, 0.15) is 80.6 Å². The number of amides is 3. The molecule has 2 aliphatic rings. The lowest BCUT2D eigenvalue weighted by Crippen LogP contribution is -2.58. The van der Waals surface area contributed by atoms with Crippen LogP contribution in [0.2, 0.25) is 0 Å². The maximum absolute atomic E-state index is 13.8. The summed E-state index contributed by atoms with van der Waals surface area (Å²) in [5.41, 5.74) is 0.640. The molecule has 212 valence electrons. The fourth-order valence-electron chi connectivity index (χ4n) is 5.76. The predicted octanol–water partition coefficient (Wildman–Crippen LogP) is 3.46. The van der Waals surface area contributed by atoms with E-state index in [0.717, 1.165) is 45.2 Å². The van der Waals surface area contributed by atoms with E-state index in [1.165, 1.54) is 0 Å². The number of likely N-dealkylation sites (N-methyl/N-ethyl adjacent to an activating group) is 1. The first-order valence-corrected chi connectivity index (χ1v) is 14.2. The zero-order chi connectivity index (χ0) is 27.9. The highest BCUT2D eigenvalue weighted by Gasteiger charge is 2.36. The molecule has 1 N–H and O–H groups in total. The van der Waals surface area contributed by atoms with Gasteiger partial charge >= 0.3 is 0 Å². The zero-order valence-electron chi connectivity index (χ0n) is 24.8. The molecule has 2 rings (SSSR count). The van der Waals surface area contributed by atoms with E-state index in [0.29, 0.717) is 12.2 Å². The van der Waals surface area contributed by atoms with Crippen molar-refractivity contribution >= 4 is 17.7 Å². The van der Waals surface area contributed by atoms with Crippen LogP contribution in [0.25, 0.3) is 0 Å². The highest BCUT2D eigenvalue weighted by molar-refractivity contribution is 5.94. The van der Waals surface area contributed by atoms with Crippen molar-refractivity contribution in [1.82, 2.24) is 20.0 Å². The number of hydrogen-bond acceptors (Lipinski definition) is 5. The van der Waals surface area contributed by atoms with Gasteiger partial charge in [-0.3, -0.25) is 19.3 Å². The molecule has 0 radical (unpaired) electrons. The third kappa shape index (κ3) is 8.03. The molecule has 2 saturated heterocycles. The Morgan fingerprint density at radius 2 is 1.68 bits per heavy atom. The van der Waals surface area contributed by atoms with Crippen molar-refractivity contribution in [3.05, 3.63) is 11.6 Å². The Morgan fingerprint density at radius 3 is 2.24 bits per heavy atom. The van der Waals surface area contributed by atoms with Crippen LogP contribution in [-0.4, -0.2) is 96.5 Å². The van der Waals surface area contributed by atoms with E-state index in [9.17, 15) is 14.4 Å². The third-order valence-electron chi connectivity index (χ3n) is 7.97. The number of carbonyl (C=O) groups is 3. The van der Waals surface area contributed by atoms with Crippen molar-refractivity contribution in [3.8, 4) is 0 Å². The molecule has 0 aromatic carbocycles. The molecule has 0 aromatic rings. The first-order chi connectivity index (χ1) is 17.4. The summed E-state index contributed by atoms with van der Waals surface area (Å²) < 4.78 is 5.31. The molecule has 0 aromatic heterocycles. The zero-order valence-corrected chi connectivity index (χ0v) is 24.8. The molecule has 4 atom stereocenters. The minimum atomic E-state index is -0.622. The van der Waals surface area contributed by atoms with Gasteiger partial charge in [0.25, 0.3) is 0 Å². The second kappa shape index (κ2) is 14.3. The van der Waals surface area contributed by atoms with Crippen LogP contribution < -0.4 is 5.32 Å². The third-order valence-corrected chi connectivity index (χ3v) is 7.97. The lowest BCUT2D eigenvalue weighted by Gasteiger charge is -2.39. The summed E-state index contributed by atoms with van der Waals surface area (Å²) in [6.45, 7) is 16.3. The van der Waals surface area contributed by atoms with Crippen molar-refractivity contribution in [2.45, 2.75) is 111 Å². The lowest BCUT2D eigenvalue weighted by molar-refractivity contribution is -0.140. The molecular formula is C29H52N4O4. The maximum Gasteiger partial charge on any atom is 0.249 e. The van der Waals surface area contributed by atoms with E-state index >= 15 is 0 Å². The van der Waals surface area contributed by atoms with E-state index in [1.807, 2.05) is 31.7 Å².